The van der Waals surface area contributed by atoms with Gasteiger partial charge in [-0.25, -0.2) is 4.79 Å². The van der Waals surface area contributed by atoms with Crippen LogP contribution in [0.2, 0.25) is 0 Å². The van der Waals surface area contributed by atoms with Crippen LogP contribution in [0.4, 0.5) is 0 Å². The summed E-state index contributed by atoms with van der Waals surface area (Å²) in [5.74, 6) is 0.134. The normalized spacial score (nSPS) is 17.9. The van der Waals surface area contributed by atoms with Crippen molar-refractivity contribution in [3.63, 3.8) is 0 Å². The van der Waals surface area contributed by atoms with Crippen molar-refractivity contribution in [3.05, 3.63) is 16.4 Å². The number of aromatic nitrogens is 2. The van der Waals surface area contributed by atoms with E-state index in [2.05, 4.69) is 21.0 Å². The predicted octanol–water partition coefficient (Wildman–Crippen LogP) is 2.12. The standard InChI is InChI=1S/C12H18BrN3O2/c1-18-12(17)9-6-11(13)15-16(9)10(7-14)8-4-2-3-5-8/h6,8,10H,2-5,7,14H2,1H3. The van der Waals surface area contributed by atoms with Gasteiger partial charge in [-0.05, 0) is 34.7 Å². The lowest BCUT2D eigenvalue weighted by atomic mass is 9.98. The van der Waals surface area contributed by atoms with Crippen molar-refractivity contribution >= 4 is 21.9 Å². The van der Waals surface area contributed by atoms with Crippen molar-refractivity contribution in [2.75, 3.05) is 13.7 Å². The van der Waals surface area contributed by atoms with Crippen molar-refractivity contribution in [2.24, 2.45) is 11.7 Å². The summed E-state index contributed by atoms with van der Waals surface area (Å²) in [6.07, 6.45) is 4.77. The number of nitrogens with zero attached hydrogens (tertiary/aromatic N) is 2. The molecule has 1 aliphatic rings. The second kappa shape index (κ2) is 5.84. The number of rotatable bonds is 4. The van der Waals surface area contributed by atoms with Crippen molar-refractivity contribution < 1.29 is 9.53 Å². The largest absolute Gasteiger partial charge is 0.464 e. The van der Waals surface area contributed by atoms with Gasteiger partial charge in [-0.1, -0.05) is 12.8 Å². The molecule has 0 spiro atoms. The van der Waals surface area contributed by atoms with Crippen LogP contribution >= 0.6 is 15.9 Å². The van der Waals surface area contributed by atoms with Gasteiger partial charge in [0.1, 0.15) is 10.3 Å². The fourth-order valence-electron chi connectivity index (χ4n) is 2.71. The number of nitrogens with two attached hydrogens (primary N) is 1. The number of carbonyl (C=O) groups excluding carboxylic acids is 1. The molecule has 1 unspecified atom stereocenters. The first kappa shape index (κ1) is 13.5. The molecule has 1 saturated carbocycles. The Bertz CT molecular complexity index is 427. The summed E-state index contributed by atoms with van der Waals surface area (Å²) in [4.78, 5) is 11.7. The Morgan fingerprint density at radius 1 is 1.67 bits per heavy atom. The van der Waals surface area contributed by atoms with Gasteiger partial charge in [0, 0.05) is 12.6 Å². The van der Waals surface area contributed by atoms with E-state index in [1.165, 1.54) is 20.0 Å². The molecule has 0 aliphatic heterocycles. The lowest BCUT2D eigenvalue weighted by Gasteiger charge is -2.23. The maximum absolute atomic E-state index is 11.7. The van der Waals surface area contributed by atoms with Crippen LogP contribution in [-0.2, 0) is 4.74 Å². The Labute approximate surface area is 115 Å². The molecule has 18 heavy (non-hydrogen) atoms. The molecule has 1 aromatic heterocycles. The zero-order chi connectivity index (χ0) is 13.1. The third-order valence-corrected chi connectivity index (χ3v) is 3.99. The van der Waals surface area contributed by atoms with Crippen molar-refractivity contribution in [2.45, 2.75) is 31.7 Å². The highest BCUT2D eigenvalue weighted by Crippen LogP contribution is 2.34. The van der Waals surface area contributed by atoms with Crippen LogP contribution < -0.4 is 5.73 Å². The van der Waals surface area contributed by atoms with Gasteiger partial charge in [0.15, 0.2) is 0 Å². The van der Waals surface area contributed by atoms with E-state index < -0.39 is 0 Å². The fourth-order valence-corrected chi connectivity index (χ4v) is 3.10. The molecule has 1 aromatic rings. The average molecular weight is 316 g/mol. The summed E-state index contributed by atoms with van der Waals surface area (Å²) >= 11 is 3.31. The fraction of sp³-hybridized carbons (Fsp3) is 0.667. The minimum absolute atomic E-state index is 0.0768. The maximum atomic E-state index is 11.7. The van der Waals surface area contributed by atoms with Crippen molar-refractivity contribution in [1.82, 2.24) is 9.78 Å². The van der Waals surface area contributed by atoms with Crippen LogP contribution in [0.3, 0.4) is 0 Å². The Hall–Kier alpha value is -0.880. The number of esters is 1. The van der Waals surface area contributed by atoms with Crippen molar-refractivity contribution in [1.29, 1.82) is 0 Å². The third kappa shape index (κ3) is 2.59. The van der Waals surface area contributed by atoms with Crippen molar-refractivity contribution in [3.8, 4) is 0 Å². The van der Waals surface area contributed by atoms with Crippen LogP contribution in [0.15, 0.2) is 10.7 Å². The first-order valence-electron chi connectivity index (χ1n) is 6.20. The van der Waals surface area contributed by atoms with Gasteiger partial charge < -0.3 is 10.5 Å². The monoisotopic (exact) mass is 315 g/mol. The van der Waals surface area contributed by atoms with Crippen LogP contribution in [0.1, 0.15) is 42.2 Å². The first-order chi connectivity index (χ1) is 8.67. The third-order valence-electron chi connectivity index (χ3n) is 3.60. The molecule has 0 radical (unpaired) electrons. The first-order valence-corrected chi connectivity index (χ1v) is 7.00. The molecule has 5 nitrogen and oxygen atoms in total. The zero-order valence-corrected chi connectivity index (χ0v) is 12.0. The van der Waals surface area contributed by atoms with E-state index in [-0.39, 0.29) is 12.0 Å². The Balaban J connectivity index is 2.31. The Kier molecular flexibility index (Phi) is 4.40. The van der Waals surface area contributed by atoms with Crippen LogP contribution in [0.25, 0.3) is 0 Å². The summed E-state index contributed by atoms with van der Waals surface area (Å²) < 4.78 is 7.15. The molecule has 1 fully saturated rings. The molecule has 0 saturated heterocycles. The van der Waals surface area contributed by atoms with Gasteiger partial charge in [-0.3, -0.25) is 4.68 Å². The molecular formula is C12H18BrN3O2. The number of hydrogen-bond donors (Lipinski definition) is 1. The van der Waals surface area contributed by atoms with Gasteiger partial charge in [0.05, 0.1) is 13.2 Å². The van der Waals surface area contributed by atoms with Gasteiger partial charge in [-0.15, -0.1) is 0 Å². The Morgan fingerprint density at radius 3 is 2.89 bits per heavy atom. The summed E-state index contributed by atoms with van der Waals surface area (Å²) in [5, 5.41) is 4.35. The SMILES string of the molecule is COC(=O)c1cc(Br)nn1C(CN)C1CCCC1. The van der Waals surface area contributed by atoms with E-state index >= 15 is 0 Å². The molecule has 6 heteroatoms. The second-order valence-corrected chi connectivity index (χ2v) is 5.45. The quantitative estimate of drug-likeness (QED) is 0.864. The number of halogens is 1. The molecule has 1 heterocycles. The highest BCUT2D eigenvalue weighted by atomic mass is 79.9. The summed E-state index contributed by atoms with van der Waals surface area (Å²) in [7, 11) is 1.38. The van der Waals surface area contributed by atoms with E-state index in [0.29, 0.717) is 22.8 Å². The molecule has 0 amide bonds. The predicted molar refractivity (Wildman–Crippen MR) is 71.3 cm³/mol. The van der Waals surface area contributed by atoms with E-state index in [1.54, 1.807) is 10.7 Å². The average Bonchev–Trinajstić information content (AvgIpc) is 3.00. The van der Waals surface area contributed by atoms with E-state index in [9.17, 15) is 4.79 Å². The molecule has 1 aliphatic carbocycles. The van der Waals surface area contributed by atoms with E-state index in [4.69, 9.17) is 10.5 Å². The number of methoxy groups -OCH3 is 1. The lowest BCUT2D eigenvalue weighted by molar-refractivity contribution is 0.0580. The maximum Gasteiger partial charge on any atom is 0.356 e. The second-order valence-electron chi connectivity index (χ2n) is 4.64. The number of hydrogen-bond acceptors (Lipinski definition) is 4. The van der Waals surface area contributed by atoms with Gasteiger partial charge >= 0.3 is 5.97 Å². The molecule has 2 N–H and O–H groups in total. The summed E-state index contributed by atoms with van der Waals surface area (Å²) in [6, 6.07) is 1.76. The molecule has 0 aromatic carbocycles. The van der Waals surface area contributed by atoms with Crippen LogP contribution in [0.5, 0.6) is 0 Å². The molecular weight excluding hydrogens is 298 g/mol. The van der Waals surface area contributed by atoms with Crippen LogP contribution in [-0.4, -0.2) is 29.4 Å². The molecule has 100 valence electrons. The summed E-state index contributed by atoms with van der Waals surface area (Å²) in [6.45, 7) is 0.489. The lowest BCUT2D eigenvalue weighted by Crippen LogP contribution is -2.29. The topological polar surface area (TPSA) is 70.1 Å². The highest BCUT2D eigenvalue weighted by molar-refractivity contribution is 9.10. The molecule has 2 rings (SSSR count). The summed E-state index contributed by atoms with van der Waals surface area (Å²) in [5.41, 5.74) is 6.34. The highest BCUT2D eigenvalue weighted by Gasteiger charge is 2.29. The number of carbonyl (C=O) groups is 1. The zero-order valence-electron chi connectivity index (χ0n) is 10.4. The van der Waals surface area contributed by atoms with Crippen LogP contribution in [0, 0.1) is 5.92 Å². The van der Waals surface area contributed by atoms with Gasteiger partial charge in [0.25, 0.3) is 0 Å². The number of ether oxygens (including phenoxy) is 1. The molecule has 0 bridgehead atoms. The van der Waals surface area contributed by atoms with Gasteiger partial charge in [-0.2, -0.15) is 5.10 Å². The minimum atomic E-state index is -0.371. The minimum Gasteiger partial charge on any atom is -0.464 e. The molecule has 1 atom stereocenters. The smallest absolute Gasteiger partial charge is 0.356 e. The van der Waals surface area contributed by atoms with Gasteiger partial charge in [0.2, 0.25) is 0 Å². The Morgan fingerprint density at radius 2 is 2.33 bits per heavy atom. The van der Waals surface area contributed by atoms with E-state index in [1.807, 2.05) is 0 Å². The van der Waals surface area contributed by atoms with E-state index in [0.717, 1.165) is 12.8 Å².